The molecule has 0 bridgehead atoms. The minimum atomic E-state index is 0.148. The van der Waals surface area contributed by atoms with Gasteiger partial charge < -0.3 is 15.1 Å². The highest BCUT2D eigenvalue weighted by molar-refractivity contribution is 5.74. The maximum atomic E-state index is 11.4. The maximum absolute atomic E-state index is 11.4. The van der Waals surface area contributed by atoms with Crippen molar-refractivity contribution in [3.63, 3.8) is 0 Å². The molecular formula is C10H21N3O. The Kier molecular flexibility index (Phi) is 4.20. The van der Waals surface area contributed by atoms with Crippen molar-refractivity contribution < 1.29 is 4.79 Å². The molecule has 0 saturated carbocycles. The smallest absolute Gasteiger partial charge is 0.319 e. The van der Waals surface area contributed by atoms with Gasteiger partial charge in [0.15, 0.2) is 0 Å². The molecule has 0 aromatic carbocycles. The van der Waals surface area contributed by atoms with Crippen LogP contribution in [0.3, 0.4) is 0 Å². The number of nitrogens with one attached hydrogen (secondary N) is 1. The highest BCUT2D eigenvalue weighted by atomic mass is 16.2. The minimum Gasteiger partial charge on any atom is -0.331 e. The molecule has 1 saturated heterocycles. The summed E-state index contributed by atoms with van der Waals surface area (Å²) in [5.74, 6) is 0.729. The molecule has 0 spiro atoms. The van der Waals surface area contributed by atoms with Gasteiger partial charge in [-0.2, -0.15) is 0 Å². The number of carbonyl (C=O) groups excluding carboxylic acids is 1. The first-order valence-corrected chi connectivity index (χ1v) is 5.26. The maximum Gasteiger partial charge on any atom is 0.319 e. The molecule has 0 unspecified atom stereocenters. The molecule has 0 atom stereocenters. The lowest BCUT2D eigenvalue weighted by molar-refractivity contribution is 0.0964. The van der Waals surface area contributed by atoms with Crippen LogP contribution in [-0.4, -0.2) is 56.6 Å². The average molecular weight is 199 g/mol. The summed E-state index contributed by atoms with van der Waals surface area (Å²) in [5.41, 5.74) is 0. The third-order valence-corrected chi connectivity index (χ3v) is 2.65. The van der Waals surface area contributed by atoms with Gasteiger partial charge in [0.1, 0.15) is 0 Å². The van der Waals surface area contributed by atoms with Crippen LogP contribution in [0.2, 0.25) is 0 Å². The summed E-state index contributed by atoms with van der Waals surface area (Å²) in [6.45, 7) is 2.97. The predicted octanol–water partition coefficient (Wildman–Crippen LogP) is 0.599. The van der Waals surface area contributed by atoms with Crippen LogP contribution in [0.1, 0.15) is 12.8 Å². The first-order chi connectivity index (χ1) is 6.65. The highest BCUT2D eigenvalue weighted by Crippen LogP contribution is 2.20. The molecular weight excluding hydrogens is 178 g/mol. The van der Waals surface area contributed by atoms with E-state index in [0.717, 1.165) is 25.6 Å². The summed E-state index contributed by atoms with van der Waals surface area (Å²) in [6, 6.07) is 0.148. The fourth-order valence-electron chi connectivity index (χ4n) is 1.76. The van der Waals surface area contributed by atoms with E-state index < -0.39 is 0 Å². The first kappa shape index (κ1) is 11.3. The number of nitrogens with zero attached hydrogens (tertiary/aromatic N) is 2. The quantitative estimate of drug-likeness (QED) is 0.673. The van der Waals surface area contributed by atoms with Crippen molar-refractivity contribution in [1.82, 2.24) is 15.1 Å². The van der Waals surface area contributed by atoms with Crippen LogP contribution in [0.25, 0.3) is 0 Å². The van der Waals surface area contributed by atoms with Crippen molar-refractivity contribution in [2.75, 3.05) is 40.8 Å². The number of hydrogen-bond acceptors (Lipinski definition) is 2. The zero-order chi connectivity index (χ0) is 10.6. The van der Waals surface area contributed by atoms with Gasteiger partial charge in [-0.05, 0) is 32.4 Å². The van der Waals surface area contributed by atoms with Gasteiger partial charge in [0.25, 0.3) is 0 Å². The summed E-state index contributed by atoms with van der Waals surface area (Å²) < 4.78 is 0. The molecule has 1 N–H and O–H groups in total. The molecule has 4 heteroatoms. The molecule has 0 aromatic rings. The van der Waals surface area contributed by atoms with Crippen molar-refractivity contribution in [3.05, 3.63) is 0 Å². The third kappa shape index (κ3) is 2.87. The van der Waals surface area contributed by atoms with E-state index in [9.17, 15) is 4.79 Å². The minimum absolute atomic E-state index is 0.148. The number of hydrogen-bond donors (Lipinski definition) is 1. The van der Waals surface area contributed by atoms with Gasteiger partial charge >= 0.3 is 6.03 Å². The molecule has 4 nitrogen and oxygen atoms in total. The first-order valence-electron chi connectivity index (χ1n) is 5.26. The summed E-state index contributed by atoms with van der Waals surface area (Å²) in [4.78, 5) is 15.0. The molecule has 82 valence electrons. The lowest BCUT2D eigenvalue weighted by Gasteiger charge is -2.40. The molecule has 0 radical (unpaired) electrons. The number of carbonyl (C=O) groups is 1. The zero-order valence-corrected chi connectivity index (χ0v) is 9.42. The predicted molar refractivity (Wildman–Crippen MR) is 57.3 cm³/mol. The number of rotatable bonds is 4. The van der Waals surface area contributed by atoms with Crippen molar-refractivity contribution in [2.45, 2.75) is 12.8 Å². The summed E-state index contributed by atoms with van der Waals surface area (Å²) in [5, 5.41) is 3.13. The molecule has 1 aliphatic rings. The largest absolute Gasteiger partial charge is 0.331 e. The summed E-state index contributed by atoms with van der Waals surface area (Å²) >= 11 is 0. The highest BCUT2D eigenvalue weighted by Gasteiger charge is 2.30. The monoisotopic (exact) mass is 199 g/mol. The van der Waals surface area contributed by atoms with E-state index >= 15 is 0 Å². The van der Waals surface area contributed by atoms with E-state index in [-0.39, 0.29) is 6.03 Å². The van der Waals surface area contributed by atoms with Gasteiger partial charge in [0.05, 0.1) is 0 Å². The molecule has 0 aliphatic carbocycles. The van der Waals surface area contributed by atoms with Gasteiger partial charge in [-0.3, -0.25) is 0 Å². The molecule has 1 rings (SSSR count). The second-order valence-electron chi connectivity index (χ2n) is 4.19. The van der Waals surface area contributed by atoms with E-state index in [4.69, 9.17) is 0 Å². The summed E-state index contributed by atoms with van der Waals surface area (Å²) in [6.07, 6.45) is 2.45. The van der Waals surface area contributed by atoms with Crippen molar-refractivity contribution >= 4 is 6.03 Å². The average Bonchev–Trinajstić information content (AvgIpc) is 2.08. The number of likely N-dealkylation sites (tertiary alicyclic amines) is 1. The molecule has 0 aromatic heterocycles. The van der Waals surface area contributed by atoms with Gasteiger partial charge in [0, 0.05) is 27.2 Å². The Morgan fingerprint density at radius 1 is 1.50 bits per heavy atom. The van der Waals surface area contributed by atoms with Gasteiger partial charge in [0.2, 0.25) is 0 Å². The molecule has 1 aliphatic heterocycles. The van der Waals surface area contributed by atoms with Crippen LogP contribution in [0.15, 0.2) is 0 Å². The third-order valence-electron chi connectivity index (χ3n) is 2.65. The topological polar surface area (TPSA) is 35.6 Å². The van der Waals surface area contributed by atoms with E-state index in [1.807, 2.05) is 11.9 Å². The number of urea groups is 1. The van der Waals surface area contributed by atoms with Crippen LogP contribution in [0.4, 0.5) is 4.79 Å². The lowest BCUT2D eigenvalue weighted by atomic mass is 9.95. The molecule has 1 fully saturated rings. The Bertz CT molecular complexity index is 188. The van der Waals surface area contributed by atoms with Crippen molar-refractivity contribution in [2.24, 2.45) is 5.92 Å². The Morgan fingerprint density at radius 3 is 2.64 bits per heavy atom. The second kappa shape index (κ2) is 5.20. The van der Waals surface area contributed by atoms with E-state index in [0.29, 0.717) is 0 Å². The fraction of sp³-hybridized carbons (Fsp3) is 0.900. The van der Waals surface area contributed by atoms with Crippen LogP contribution >= 0.6 is 0 Å². The molecule has 1 heterocycles. The standard InChI is InChI=1S/C10H21N3O/c1-11-6-4-5-9-7-13(8-9)10(14)12(2)3/h9,11H,4-8H2,1-3H3. The number of amides is 2. The van der Waals surface area contributed by atoms with E-state index in [2.05, 4.69) is 5.32 Å². The van der Waals surface area contributed by atoms with Crippen LogP contribution in [0.5, 0.6) is 0 Å². The molecule has 14 heavy (non-hydrogen) atoms. The van der Waals surface area contributed by atoms with Crippen molar-refractivity contribution in [3.8, 4) is 0 Å². The van der Waals surface area contributed by atoms with E-state index in [1.165, 1.54) is 12.8 Å². The van der Waals surface area contributed by atoms with Gasteiger partial charge in [-0.25, -0.2) is 4.79 Å². The van der Waals surface area contributed by atoms with Crippen LogP contribution in [0, 0.1) is 5.92 Å². The van der Waals surface area contributed by atoms with Gasteiger partial charge in [-0.15, -0.1) is 0 Å². The lowest BCUT2D eigenvalue weighted by Crippen LogP contribution is -2.53. The Labute approximate surface area is 86.2 Å². The summed E-state index contributed by atoms with van der Waals surface area (Å²) in [7, 11) is 5.58. The fourth-order valence-corrected chi connectivity index (χ4v) is 1.76. The normalized spacial score (nSPS) is 16.6. The van der Waals surface area contributed by atoms with Crippen molar-refractivity contribution in [1.29, 1.82) is 0 Å². The molecule has 2 amide bonds. The van der Waals surface area contributed by atoms with E-state index in [1.54, 1.807) is 19.0 Å². The Balaban J connectivity index is 2.08. The second-order valence-corrected chi connectivity index (χ2v) is 4.19. The Hall–Kier alpha value is -0.770. The van der Waals surface area contributed by atoms with Gasteiger partial charge in [-0.1, -0.05) is 0 Å². The SMILES string of the molecule is CNCCCC1CN(C(=O)N(C)C)C1. The van der Waals surface area contributed by atoms with Crippen LogP contribution in [-0.2, 0) is 0 Å². The van der Waals surface area contributed by atoms with Crippen LogP contribution < -0.4 is 5.32 Å². The zero-order valence-electron chi connectivity index (χ0n) is 9.42. The Morgan fingerprint density at radius 2 is 2.14 bits per heavy atom.